The molecule has 4 nitrogen and oxygen atoms in total. The number of likely N-dealkylation sites (tertiary alicyclic amines) is 1. The third kappa shape index (κ3) is 2.75. The first-order chi connectivity index (χ1) is 10.6. The molecule has 1 aromatic heterocycles. The van der Waals surface area contributed by atoms with Gasteiger partial charge in [-0.15, -0.1) is 0 Å². The highest BCUT2D eigenvalue weighted by Crippen LogP contribution is 2.35. The third-order valence-electron chi connectivity index (χ3n) is 4.52. The van der Waals surface area contributed by atoms with Gasteiger partial charge in [-0.3, -0.25) is 4.90 Å². The lowest BCUT2D eigenvalue weighted by molar-refractivity contribution is 0.324. The first-order valence-corrected chi connectivity index (χ1v) is 8.10. The van der Waals surface area contributed by atoms with Gasteiger partial charge in [0.25, 0.3) is 0 Å². The molecule has 3 rings (SSSR count). The quantitative estimate of drug-likeness (QED) is 0.880. The number of aromatic hydroxyl groups is 1. The largest absolute Gasteiger partial charge is 0.507 e. The Morgan fingerprint density at radius 2 is 2.00 bits per heavy atom. The number of aryl methyl sites for hydroxylation is 2. The molecule has 1 fully saturated rings. The van der Waals surface area contributed by atoms with Gasteiger partial charge in [0.05, 0.1) is 5.39 Å². The van der Waals surface area contributed by atoms with Crippen LogP contribution in [0.25, 0.3) is 11.0 Å². The molecule has 1 saturated heterocycles. The molecule has 2 aromatic rings. The summed E-state index contributed by atoms with van der Waals surface area (Å²) in [7, 11) is 0. The predicted octanol–water partition coefficient (Wildman–Crippen LogP) is 3.36. The molecule has 0 unspecified atom stereocenters. The SMILES string of the molecule is CCCc1cc(=O)oc2cc(C)c(CN3CCCC3)c(O)c12. The number of phenols is 1. The predicted molar refractivity (Wildman–Crippen MR) is 87.4 cm³/mol. The average Bonchev–Trinajstić information content (AvgIpc) is 2.96. The maximum Gasteiger partial charge on any atom is 0.336 e. The van der Waals surface area contributed by atoms with Gasteiger partial charge in [0.1, 0.15) is 11.3 Å². The first-order valence-electron chi connectivity index (χ1n) is 8.10. The summed E-state index contributed by atoms with van der Waals surface area (Å²) < 4.78 is 5.31. The number of phenolic OH excluding ortho intramolecular Hbond substituents is 1. The summed E-state index contributed by atoms with van der Waals surface area (Å²) in [4.78, 5) is 14.1. The van der Waals surface area contributed by atoms with Crippen LogP contribution in [0.15, 0.2) is 21.3 Å². The summed E-state index contributed by atoms with van der Waals surface area (Å²) in [5, 5.41) is 11.5. The van der Waals surface area contributed by atoms with Crippen LogP contribution in [0.5, 0.6) is 5.75 Å². The van der Waals surface area contributed by atoms with Gasteiger partial charge in [-0.1, -0.05) is 13.3 Å². The molecule has 118 valence electrons. The molecule has 0 aliphatic carbocycles. The van der Waals surface area contributed by atoms with Crippen molar-refractivity contribution in [1.29, 1.82) is 0 Å². The van der Waals surface area contributed by atoms with Crippen molar-refractivity contribution in [3.05, 3.63) is 39.2 Å². The fourth-order valence-electron chi connectivity index (χ4n) is 3.38. The van der Waals surface area contributed by atoms with Crippen LogP contribution in [0.4, 0.5) is 0 Å². The van der Waals surface area contributed by atoms with Crippen LogP contribution in [0.2, 0.25) is 0 Å². The molecule has 1 aromatic carbocycles. The van der Waals surface area contributed by atoms with E-state index < -0.39 is 0 Å². The fraction of sp³-hybridized carbons (Fsp3) is 0.500. The second kappa shape index (κ2) is 6.13. The Kier molecular flexibility index (Phi) is 4.21. The maximum absolute atomic E-state index is 11.7. The van der Waals surface area contributed by atoms with Gasteiger partial charge in [0.2, 0.25) is 0 Å². The van der Waals surface area contributed by atoms with Crippen molar-refractivity contribution < 1.29 is 9.52 Å². The fourth-order valence-corrected chi connectivity index (χ4v) is 3.38. The summed E-state index contributed by atoms with van der Waals surface area (Å²) in [5.74, 6) is 0.286. The molecule has 4 heteroatoms. The molecule has 22 heavy (non-hydrogen) atoms. The highest BCUT2D eigenvalue weighted by molar-refractivity contribution is 5.88. The van der Waals surface area contributed by atoms with Crippen LogP contribution in [0, 0.1) is 6.92 Å². The van der Waals surface area contributed by atoms with Crippen molar-refractivity contribution >= 4 is 11.0 Å². The van der Waals surface area contributed by atoms with Crippen molar-refractivity contribution in [3.63, 3.8) is 0 Å². The van der Waals surface area contributed by atoms with Crippen LogP contribution in [0.3, 0.4) is 0 Å². The molecule has 0 spiro atoms. The Hall–Kier alpha value is -1.81. The number of hydrogen-bond donors (Lipinski definition) is 1. The zero-order chi connectivity index (χ0) is 15.7. The van der Waals surface area contributed by atoms with E-state index in [0.717, 1.165) is 49.2 Å². The van der Waals surface area contributed by atoms with E-state index in [1.807, 2.05) is 13.0 Å². The lowest BCUT2D eigenvalue weighted by Gasteiger charge is -2.19. The van der Waals surface area contributed by atoms with Gasteiger partial charge in [0.15, 0.2) is 0 Å². The monoisotopic (exact) mass is 301 g/mol. The highest BCUT2D eigenvalue weighted by atomic mass is 16.4. The molecule has 0 bridgehead atoms. The van der Waals surface area contributed by atoms with E-state index in [9.17, 15) is 9.90 Å². The van der Waals surface area contributed by atoms with Gasteiger partial charge >= 0.3 is 5.63 Å². The molecule has 0 amide bonds. The second-order valence-corrected chi connectivity index (χ2v) is 6.22. The number of hydrogen-bond acceptors (Lipinski definition) is 4. The molecular formula is C18H23NO3. The molecule has 0 atom stereocenters. The van der Waals surface area contributed by atoms with E-state index in [4.69, 9.17) is 4.42 Å². The van der Waals surface area contributed by atoms with Crippen molar-refractivity contribution in [2.24, 2.45) is 0 Å². The zero-order valence-electron chi connectivity index (χ0n) is 13.3. The lowest BCUT2D eigenvalue weighted by Crippen LogP contribution is -2.19. The zero-order valence-corrected chi connectivity index (χ0v) is 13.3. The van der Waals surface area contributed by atoms with E-state index in [0.29, 0.717) is 11.0 Å². The Bertz CT molecular complexity index is 742. The molecule has 1 aliphatic heterocycles. The van der Waals surface area contributed by atoms with Crippen LogP contribution < -0.4 is 5.63 Å². The Balaban J connectivity index is 2.14. The maximum atomic E-state index is 11.7. The van der Waals surface area contributed by atoms with E-state index in [1.165, 1.54) is 18.9 Å². The minimum Gasteiger partial charge on any atom is -0.507 e. The smallest absolute Gasteiger partial charge is 0.336 e. The minimum atomic E-state index is -0.345. The van der Waals surface area contributed by atoms with Crippen LogP contribution in [0.1, 0.15) is 42.9 Å². The molecule has 1 aliphatic rings. The molecule has 0 saturated carbocycles. The minimum absolute atomic E-state index is 0.286. The van der Waals surface area contributed by atoms with E-state index in [2.05, 4.69) is 11.8 Å². The van der Waals surface area contributed by atoms with Crippen molar-refractivity contribution in [2.75, 3.05) is 13.1 Å². The van der Waals surface area contributed by atoms with Crippen molar-refractivity contribution in [3.8, 4) is 5.75 Å². The number of fused-ring (bicyclic) bond motifs is 1. The summed E-state index contributed by atoms with van der Waals surface area (Å²) >= 11 is 0. The lowest BCUT2D eigenvalue weighted by atomic mass is 9.98. The third-order valence-corrected chi connectivity index (χ3v) is 4.52. The topological polar surface area (TPSA) is 53.7 Å². The Morgan fingerprint density at radius 1 is 1.27 bits per heavy atom. The summed E-state index contributed by atoms with van der Waals surface area (Å²) in [6.45, 7) is 6.97. The number of benzene rings is 1. The van der Waals surface area contributed by atoms with Crippen LogP contribution >= 0.6 is 0 Å². The van der Waals surface area contributed by atoms with Gasteiger partial charge in [-0.2, -0.15) is 0 Å². The molecule has 1 N–H and O–H groups in total. The average molecular weight is 301 g/mol. The summed E-state index contributed by atoms with van der Waals surface area (Å²) in [6.07, 6.45) is 4.14. The summed E-state index contributed by atoms with van der Waals surface area (Å²) in [5.41, 5.74) is 2.97. The van der Waals surface area contributed by atoms with E-state index >= 15 is 0 Å². The normalized spacial score (nSPS) is 15.7. The van der Waals surface area contributed by atoms with Gasteiger partial charge in [-0.25, -0.2) is 4.79 Å². The number of rotatable bonds is 4. The van der Waals surface area contributed by atoms with Crippen molar-refractivity contribution in [2.45, 2.75) is 46.1 Å². The van der Waals surface area contributed by atoms with E-state index in [-0.39, 0.29) is 11.4 Å². The van der Waals surface area contributed by atoms with Gasteiger partial charge in [0, 0.05) is 18.2 Å². The standard InChI is InChI=1S/C18H23NO3/c1-3-6-13-10-16(20)22-15-9-12(2)14(18(21)17(13)15)11-19-7-4-5-8-19/h9-10,21H,3-8,11H2,1-2H3. The van der Waals surface area contributed by atoms with Crippen molar-refractivity contribution in [1.82, 2.24) is 4.90 Å². The van der Waals surface area contributed by atoms with Gasteiger partial charge < -0.3 is 9.52 Å². The van der Waals surface area contributed by atoms with Crippen LogP contribution in [-0.4, -0.2) is 23.1 Å². The first kappa shape index (κ1) is 15.1. The molecule has 2 heterocycles. The summed E-state index contributed by atoms with van der Waals surface area (Å²) in [6, 6.07) is 3.40. The second-order valence-electron chi connectivity index (χ2n) is 6.22. The Labute approximate surface area is 130 Å². The Morgan fingerprint density at radius 3 is 2.68 bits per heavy atom. The van der Waals surface area contributed by atoms with Crippen LogP contribution in [-0.2, 0) is 13.0 Å². The molecular weight excluding hydrogens is 278 g/mol. The van der Waals surface area contributed by atoms with Gasteiger partial charge in [-0.05, 0) is 56.5 Å². The highest BCUT2D eigenvalue weighted by Gasteiger charge is 2.19. The molecule has 0 radical (unpaired) electrons. The number of nitrogens with zero attached hydrogens (tertiary/aromatic N) is 1. The van der Waals surface area contributed by atoms with E-state index in [1.54, 1.807) is 0 Å².